The first kappa shape index (κ1) is 16.6. The predicted molar refractivity (Wildman–Crippen MR) is 91.8 cm³/mol. The second-order valence-electron chi connectivity index (χ2n) is 6.89. The Morgan fingerprint density at radius 1 is 1.04 bits per heavy atom. The topological polar surface area (TPSA) is 97.3 Å². The summed E-state index contributed by atoms with van der Waals surface area (Å²) in [4.78, 5) is 24.9. The van der Waals surface area contributed by atoms with Crippen LogP contribution in [0, 0.1) is 5.92 Å². The fraction of sp³-hybridized carbons (Fsp3) is 0.300. The van der Waals surface area contributed by atoms with E-state index >= 15 is 0 Å². The molecule has 2 aromatic carbocycles. The van der Waals surface area contributed by atoms with Gasteiger partial charge in [-0.25, -0.2) is 4.79 Å². The molecule has 2 aromatic rings. The number of carboxylic acids is 1. The van der Waals surface area contributed by atoms with Crippen molar-refractivity contribution in [3.05, 3.63) is 59.7 Å². The monoisotopic (exact) mass is 352 g/mol. The fourth-order valence-electron chi connectivity index (χ4n) is 3.97. The molecule has 0 aromatic heterocycles. The Labute approximate surface area is 151 Å². The van der Waals surface area contributed by atoms with Crippen LogP contribution >= 0.6 is 0 Å². The van der Waals surface area contributed by atoms with E-state index in [0.717, 1.165) is 11.1 Å². The van der Waals surface area contributed by atoms with Gasteiger partial charge in [-0.05, 0) is 22.3 Å². The number of nitrogens with zero attached hydrogens (tertiary/aromatic N) is 1. The van der Waals surface area contributed by atoms with E-state index in [1.165, 1.54) is 16.0 Å². The first-order valence-electron chi connectivity index (χ1n) is 8.70. The minimum absolute atomic E-state index is 0.0126. The highest BCUT2D eigenvalue weighted by molar-refractivity contribution is 5.79. The van der Waals surface area contributed by atoms with Crippen LogP contribution in [-0.2, 0) is 9.53 Å². The lowest BCUT2D eigenvalue weighted by atomic mass is 9.98. The van der Waals surface area contributed by atoms with Crippen LogP contribution in [0.5, 0.6) is 0 Å². The number of hydrogen-bond donors (Lipinski definition) is 1. The highest BCUT2D eigenvalue weighted by Gasteiger charge is 2.38. The van der Waals surface area contributed by atoms with Gasteiger partial charge in [0.25, 0.3) is 0 Å². The van der Waals surface area contributed by atoms with Crippen molar-refractivity contribution < 1.29 is 25.2 Å². The number of benzene rings is 2. The van der Waals surface area contributed by atoms with E-state index in [1.54, 1.807) is 0 Å². The van der Waals surface area contributed by atoms with Crippen LogP contribution in [0.2, 0.25) is 0 Å². The third kappa shape index (κ3) is 2.72. The Morgan fingerprint density at radius 2 is 1.62 bits per heavy atom. The van der Waals surface area contributed by atoms with Gasteiger partial charge in [-0.15, -0.1) is 0 Å². The Morgan fingerprint density at radius 3 is 2.15 bits per heavy atom. The van der Waals surface area contributed by atoms with Crippen molar-refractivity contribution in [2.24, 2.45) is 5.92 Å². The molecular formula is C20H20N2O4. The summed E-state index contributed by atoms with van der Waals surface area (Å²) in [5.74, 6) is -1.92. The molecule has 134 valence electrons. The molecule has 0 saturated carbocycles. The van der Waals surface area contributed by atoms with E-state index in [-0.39, 0.29) is 31.7 Å². The lowest BCUT2D eigenvalue weighted by molar-refractivity contribution is -0.428. The molecule has 1 fully saturated rings. The van der Waals surface area contributed by atoms with Gasteiger partial charge in [0.2, 0.25) is 0 Å². The highest BCUT2D eigenvalue weighted by Crippen LogP contribution is 2.44. The van der Waals surface area contributed by atoms with Gasteiger partial charge in [0.15, 0.2) is 0 Å². The van der Waals surface area contributed by atoms with Crippen LogP contribution < -0.4 is 10.8 Å². The number of rotatable bonds is 3. The standard InChI is InChI=1S/C20H20N2O4/c21-18-10-22(9-16(18)19(23)24)20(25)26-11-17-14-7-3-1-5-12(14)13-6-2-4-8-15(13)17/h1-8,16-18H,9-11,21H2,(H,23,24)/t16-,18-/m0/s1. The van der Waals surface area contributed by atoms with Crippen molar-refractivity contribution in [2.45, 2.75) is 12.0 Å². The number of carbonyl (C=O) groups is 2. The van der Waals surface area contributed by atoms with Gasteiger partial charge < -0.3 is 25.3 Å². The lowest BCUT2D eigenvalue weighted by Crippen LogP contribution is -2.67. The molecule has 0 unspecified atom stereocenters. The Hall–Kier alpha value is -2.86. The molecule has 3 N–H and O–H groups in total. The zero-order valence-corrected chi connectivity index (χ0v) is 14.3. The summed E-state index contributed by atoms with van der Waals surface area (Å²) in [6.07, 6.45) is -0.496. The average molecular weight is 352 g/mol. The van der Waals surface area contributed by atoms with Crippen molar-refractivity contribution >= 4 is 12.1 Å². The summed E-state index contributed by atoms with van der Waals surface area (Å²) < 4.78 is 5.55. The number of quaternary nitrogens is 1. The second-order valence-corrected chi connectivity index (χ2v) is 6.89. The van der Waals surface area contributed by atoms with Gasteiger partial charge in [-0.2, -0.15) is 0 Å². The van der Waals surface area contributed by atoms with Gasteiger partial charge in [0, 0.05) is 12.5 Å². The Kier molecular flexibility index (Phi) is 4.12. The predicted octanol–water partition coefficient (Wildman–Crippen LogP) is 0.228. The van der Waals surface area contributed by atoms with Crippen LogP contribution in [0.3, 0.4) is 0 Å². The fourth-order valence-corrected chi connectivity index (χ4v) is 3.97. The zero-order valence-electron chi connectivity index (χ0n) is 14.3. The molecule has 26 heavy (non-hydrogen) atoms. The molecule has 2 atom stereocenters. The summed E-state index contributed by atoms with van der Waals surface area (Å²) >= 11 is 0. The molecule has 1 aliphatic carbocycles. The van der Waals surface area contributed by atoms with Crippen molar-refractivity contribution in [1.29, 1.82) is 0 Å². The third-order valence-electron chi connectivity index (χ3n) is 5.34. The molecule has 1 heterocycles. The van der Waals surface area contributed by atoms with Crippen molar-refractivity contribution in [1.82, 2.24) is 4.90 Å². The number of amides is 1. The van der Waals surface area contributed by atoms with E-state index in [1.807, 2.05) is 24.3 Å². The van der Waals surface area contributed by atoms with Gasteiger partial charge >= 0.3 is 6.09 Å². The number of ether oxygens (including phenoxy) is 1. The summed E-state index contributed by atoms with van der Waals surface area (Å²) in [7, 11) is 0. The number of carbonyl (C=O) groups excluding carboxylic acids is 2. The zero-order chi connectivity index (χ0) is 18.3. The molecule has 6 nitrogen and oxygen atoms in total. The number of likely N-dealkylation sites (tertiary alicyclic amines) is 1. The molecule has 6 heteroatoms. The van der Waals surface area contributed by atoms with Crippen molar-refractivity contribution in [3.63, 3.8) is 0 Å². The maximum atomic E-state index is 12.4. The van der Waals surface area contributed by atoms with Crippen LogP contribution in [-0.4, -0.2) is 42.7 Å². The highest BCUT2D eigenvalue weighted by atomic mass is 16.6. The van der Waals surface area contributed by atoms with Crippen LogP contribution in [0.4, 0.5) is 4.79 Å². The number of aliphatic carboxylic acids is 1. The molecule has 0 spiro atoms. The van der Waals surface area contributed by atoms with Gasteiger partial charge in [-0.1, -0.05) is 48.5 Å². The molecular weight excluding hydrogens is 332 g/mol. The van der Waals surface area contributed by atoms with Gasteiger partial charge in [-0.3, -0.25) is 0 Å². The SMILES string of the molecule is [NH3+][C@H]1CN(C(=O)OCC2c3ccccc3-c3ccccc32)C[C@@H]1C(=O)[O-]. The van der Waals surface area contributed by atoms with Crippen molar-refractivity contribution in [2.75, 3.05) is 19.7 Å². The molecule has 4 rings (SSSR count). The molecule has 2 aliphatic rings. The van der Waals surface area contributed by atoms with E-state index in [9.17, 15) is 14.7 Å². The number of fused-ring (bicyclic) bond motifs is 3. The maximum Gasteiger partial charge on any atom is 0.410 e. The van der Waals surface area contributed by atoms with Gasteiger partial charge in [0.05, 0.1) is 18.4 Å². The lowest BCUT2D eigenvalue weighted by Gasteiger charge is -2.19. The van der Waals surface area contributed by atoms with E-state index in [4.69, 9.17) is 4.74 Å². The third-order valence-corrected chi connectivity index (χ3v) is 5.34. The largest absolute Gasteiger partial charge is 0.550 e. The summed E-state index contributed by atoms with van der Waals surface area (Å²) in [6, 6.07) is 15.9. The van der Waals surface area contributed by atoms with Crippen molar-refractivity contribution in [3.8, 4) is 11.1 Å². The van der Waals surface area contributed by atoms with Gasteiger partial charge in [0.1, 0.15) is 12.6 Å². The first-order valence-corrected chi connectivity index (χ1v) is 8.70. The summed E-state index contributed by atoms with van der Waals surface area (Å²) in [5.41, 5.74) is 8.42. The van der Waals surface area contributed by atoms with Crippen LogP contribution in [0.25, 0.3) is 11.1 Å². The Bertz CT molecular complexity index is 821. The molecule has 0 radical (unpaired) electrons. The minimum Gasteiger partial charge on any atom is -0.550 e. The van der Waals surface area contributed by atoms with E-state index in [0.29, 0.717) is 0 Å². The smallest absolute Gasteiger partial charge is 0.410 e. The normalized spacial score (nSPS) is 21.3. The minimum atomic E-state index is -1.17. The quantitative estimate of drug-likeness (QED) is 0.855. The number of hydrogen-bond acceptors (Lipinski definition) is 4. The maximum absolute atomic E-state index is 12.4. The number of carboxylic acid groups (broad SMARTS) is 1. The van der Waals surface area contributed by atoms with E-state index in [2.05, 4.69) is 30.0 Å². The summed E-state index contributed by atoms with van der Waals surface area (Å²) in [6.45, 7) is 0.587. The molecule has 1 aliphatic heterocycles. The Balaban J connectivity index is 1.49. The average Bonchev–Trinajstić information content (AvgIpc) is 3.18. The van der Waals surface area contributed by atoms with Crippen LogP contribution in [0.15, 0.2) is 48.5 Å². The first-order chi connectivity index (χ1) is 12.6. The van der Waals surface area contributed by atoms with Crippen LogP contribution in [0.1, 0.15) is 17.0 Å². The molecule has 1 saturated heterocycles. The molecule has 1 amide bonds. The van der Waals surface area contributed by atoms with E-state index < -0.39 is 18.0 Å². The summed E-state index contributed by atoms with van der Waals surface area (Å²) in [5, 5.41) is 11.1. The second kappa shape index (κ2) is 6.46. The molecule has 0 bridgehead atoms.